The zero-order chi connectivity index (χ0) is 24.7. The highest BCUT2D eigenvalue weighted by Crippen LogP contribution is 2.26. The van der Waals surface area contributed by atoms with Crippen LogP contribution in [0, 0.1) is 6.92 Å². The van der Waals surface area contributed by atoms with Gasteiger partial charge in [-0.15, -0.1) is 0 Å². The molecule has 0 radical (unpaired) electrons. The first-order valence-electron chi connectivity index (χ1n) is 11.7. The van der Waals surface area contributed by atoms with Crippen LogP contribution in [0.3, 0.4) is 0 Å². The summed E-state index contributed by atoms with van der Waals surface area (Å²) in [4.78, 5) is 17.2. The maximum absolute atomic E-state index is 12.7. The Bertz CT molecular complexity index is 1250. The molecule has 1 amide bonds. The van der Waals surface area contributed by atoms with E-state index < -0.39 is 15.9 Å². The number of nitrogens with one attached hydrogen (secondary N) is 1. The van der Waals surface area contributed by atoms with Gasteiger partial charge in [-0.2, -0.15) is 0 Å². The smallest absolute Gasteiger partial charge is 0.264 e. The molecule has 0 saturated heterocycles. The molecule has 0 saturated carbocycles. The van der Waals surface area contributed by atoms with Gasteiger partial charge in [0.1, 0.15) is 11.6 Å². The highest BCUT2D eigenvalue weighted by Gasteiger charge is 2.18. The van der Waals surface area contributed by atoms with Gasteiger partial charge in [-0.25, -0.2) is 18.1 Å². The van der Waals surface area contributed by atoms with Crippen LogP contribution in [-0.2, 0) is 16.6 Å². The lowest BCUT2D eigenvalue weighted by molar-refractivity contribution is 0.0981. The normalized spacial score (nSPS) is 11.6. The summed E-state index contributed by atoms with van der Waals surface area (Å²) in [6.45, 7) is 7.09. The van der Waals surface area contributed by atoms with Gasteiger partial charge in [0.05, 0.1) is 29.9 Å². The van der Waals surface area contributed by atoms with E-state index in [-0.39, 0.29) is 11.3 Å². The number of hydrogen-bond acceptors (Lipinski definition) is 5. The maximum Gasteiger partial charge on any atom is 0.264 e. The predicted octanol–water partition coefficient (Wildman–Crippen LogP) is 5.48. The number of aromatic nitrogens is 2. The van der Waals surface area contributed by atoms with Crippen molar-refractivity contribution in [3.05, 3.63) is 58.4 Å². The number of sulfonamides is 1. The summed E-state index contributed by atoms with van der Waals surface area (Å²) in [7, 11) is -3.68. The molecule has 0 spiro atoms. The first-order valence-corrected chi connectivity index (χ1v) is 13.7. The van der Waals surface area contributed by atoms with Gasteiger partial charge >= 0.3 is 0 Å². The van der Waals surface area contributed by atoms with Crippen molar-refractivity contribution in [1.82, 2.24) is 14.3 Å². The lowest BCUT2D eigenvalue weighted by Crippen LogP contribution is -2.32. The summed E-state index contributed by atoms with van der Waals surface area (Å²) < 4.78 is 34.3. The second kappa shape index (κ2) is 11.7. The summed E-state index contributed by atoms with van der Waals surface area (Å²) in [5.41, 5.74) is 2.60. The van der Waals surface area contributed by atoms with E-state index in [1.165, 1.54) is 0 Å². The standard InChI is InChI=1S/C25H32ClN3O4S/c1-4-6-8-14-34(31,32)28-25(30)19-10-12-23-24(15-19)29(18(3)27-23)17-20-9-11-21(16-22(20)26)33-13-7-5-2/h9-12,15-16H,4-8,13-14,17H2,1-3H3,(H,28,30). The zero-order valence-electron chi connectivity index (χ0n) is 19.9. The highest BCUT2D eigenvalue weighted by molar-refractivity contribution is 7.90. The number of ether oxygens (including phenoxy) is 1. The van der Waals surface area contributed by atoms with E-state index in [9.17, 15) is 13.2 Å². The topological polar surface area (TPSA) is 90.3 Å². The molecule has 7 nitrogen and oxygen atoms in total. The minimum atomic E-state index is -3.68. The van der Waals surface area contributed by atoms with Crippen LogP contribution in [-0.4, -0.2) is 36.2 Å². The molecule has 184 valence electrons. The summed E-state index contributed by atoms with van der Waals surface area (Å²) >= 11 is 6.52. The lowest BCUT2D eigenvalue weighted by atomic mass is 10.1. The first kappa shape index (κ1) is 26.0. The number of fused-ring (bicyclic) bond motifs is 1. The van der Waals surface area contributed by atoms with Crippen LogP contribution in [0.5, 0.6) is 5.75 Å². The second-order valence-electron chi connectivity index (χ2n) is 8.36. The van der Waals surface area contributed by atoms with Crippen molar-refractivity contribution < 1.29 is 17.9 Å². The van der Waals surface area contributed by atoms with Crippen LogP contribution < -0.4 is 9.46 Å². The molecule has 0 aliphatic heterocycles. The van der Waals surface area contributed by atoms with Gasteiger partial charge in [-0.3, -0.25) is 4.79 Å². The van der Waals surface area contributed by atoms with Crippen molar-refractivity contribution in [1.29, 1.82) is 0 Å². The fraction of sp³-hybridized carbons (Fsp3) is 0.440. The number of carbonyl (C=O) groups is 1. The predicted molar refractivity (Wildman–Crippen MR) is 136 cm³/mol. The van der Waals surface area contributed by atoms with Crippen molar-refractivity contribution in [3.63, 3.8) is 0 Å². The Morgan fingerprint density at radius 2 is 1.85 bits per heavy atom. The minimum Gasteiger partial charge on any atom is -0.494 e. The van der Waals surface area contributed by atoms with Crippen LogP contribution >= 0.6 is 11.6 Å². The third-order valence-electron chi connectivity index (χ3n) is 5.59. The number of rotatable bonds is 12. The Morgan fingerprint density at radius 1 is 1.09 bits per heavy atom. The van der Waals surface area contributed by atoms with Crippen LogP contribution in [0.2, 0.25) is 5.02 Å². The third-order valence-corrected chi connectivity index (χ3v) is 7.26. The molecule has 0 atom stereocenters. The molecule has 1 aromatic heterocycles. The molecule has 3 aromatic rings. The molecule has 9 heteroatoms. The van der Waals surface area contributed by atoms with Gasteiger partial charge in [-0.05, 0) is 55.7 Å². The molecule has 3 rings (SSSR count). The molecule has 0 bridgehead atoms. The summed E-state index contributed by atoms with van der Waals surface area (Å²) in [5.74, 6) is 0.783. The second-order valence-corrected chi connectivity index (χ2v) is 10.6. The molecule has 0 unspecified atom stereocenters. The van der Waals surface area contributed by atoms with Crippen molar-refractivity contribution in [2.75, 3.05) is 12.4 Å². The molecule has 2 aromatic carbocycles. The fourth-order valence-corrected chi connectivity index (χ4v) is 4.94. The number of amides is 1. The van der Waals surface area contributed by atoms with E-state index in [0.29, 0.717) is 24.6 Å². The Balaban J connectivity index is 1.81. The molecular weight excluding hydrogens is 474 g/mol. The van der Waals surface area contributed by atoms with Crippen LogP contribution in [0.15, 0.2) is 36.4 Å². The quantitative estimate of drug-likeness (QED) is 0.329. The third kappa shape index (κ3) is 6.73. The number of hydrogen-bond donors (Lipinski definition) is 1. The van der Waals surface area contributed by atoms with Crippen molar-refractivity contribution >= 4 is 38.6 Å². The van der Waals surface area contributed by atoms with E-state index in [4.69, 9.17) is 16.3 Å². The van der Waals surface area contributed by atoms with Crippen molar-refractivity contribution in [2.45, 2.75) is 59.4 Å². The van der Waals surface area contributed by atoms with Gasteiger partial charge in [0, 0.05) is 10.6 Å². The molecule has 34 heavy (non-hydrogen) atoms. The van der Waals surface area contributed by atoms with E-state index in [2.05, 4.69) is 16.6 Å². The summed E-state index contributed by atoms with van der Waals surface area (Å²) in [5, 5.41) is 0.585. The van der Waals surface area contributed by atoms with Crippen LogP contribution in [0.25, 0.3) is 11.0 Å². The zero-order valence-corrected chi connectivity index (χ0v) is 21.5. The van der Waals surface area contributed by atoms with E-state index in [0.717, 1.165) is 53.9 Å². The van der Waals surface area contributed by atoms with E-state index >= 15 is 0 Å². The van der Waals surface area contributed by atoms with Crippen molar-refractivity contribution in [2.24, 2.45) is 0 Å². The monoisotopic (exact) mass is 505 g/mol. The number of benzene rings is 2. The van der Waals surface area contributed by atoms with Gasteiger partial charge < -0.3 is 9.30 Å². The summed E-state index contributed by atoms with van der Waals surface area (Å²) in [6.07, 6.45) is 4.27. The number of aryl methyl sites for hydroxylation is 1. The average molecular weight is 506 g/mol. The molecule has 1 N–H and O–H groups in total. The maximum atomic E-state index is 12.7. The van der Waals surface area contributed by atoms with Crippen molar-refractivity contribution in [3.8, 4) is 5.75 Å². The number of carbonyl (C=O) groups excluding carboxylic acids is 1. The van der Waals surface area contributed by atoms with Gasteiger partial charge in [0.15, 0.2) is 0 Å². The molecular formula is C25H32ClN3O4S. The minimum absolute atomic E-state index is 0.0669. The van der Waals surface area contributed by atoms with E-state index in [1.807, 2.05) is 36.6 Å². The molecule has 1 heterocycles. The number of halogens is 1. The molecule has 0 aliphatic rings. The van der Waals surface area contributed by atoms with Crippen LogP contribution in [0.1, 0.15) is 67.7 Å². The largest absolute Gasteiger partial charge is 0.494 e. The first-order chi connectivity index (χ1) is 16.2. The van der Waals surface area contributed by atoms with Gasteiger partial charge in [0.25, 0.3) is 5.91 Å². The average Bonchev–Trinajstić information content (AvgIpc) is 3.09. The Kier molecular flexibility index (Phi) is 8.97. The molecule has 0 fully saturated rings. The van der Waals surface area contributed by atoms with Gasteiger partial charge in [0.2, 0.25) is 10.0 Å². The van der Waals surface area contributed by atoms with Gasteiger partial charge in [-0.1, -0.05) is 50.8 Å². The highest BCUT2D eigenvalue weighted by atomic mass is 35.5. The SMILES string of the molecule is CCCCCS(=O)(=O)NC(=O)c1ccc2nc(C)n(Cc3ccc(OCCCC)cc3Cl)c2c1. The number of unbranched alkanes of at least 4 members (excludes halogenated alkanes) is 3. The summed E-state index contributed by atoms with van der Waals surface area (Å²) in [6, 6.07) is 10.6. The fourth-order valence-electron chi connectivity index (χ4n) is 3.63. The Hall–Kier alpha value is -2.58. The van der Waals surface area contributed by atoms with Crippen LogP contribution in [0.4, 0.5) is 0 Å². The number of imidazole rings is 1. The lowest BCUT2D eigenvalue weighted by Gasteiger charge is -2.12. The van der Waals surface area contributed by atoms with E-state index in [1.54, 1.807) is 18.2 Å². The Labute approximate surface area is 206 Å². The number of nitrogens with zero attached hydrogens (tertiary/aromatic N) is 2. The molecule has 0 aliphatic carbocycles. The Morgan fingerprint density at radius 3 is 2.56 bits per heavy atom.